The third-order valence-corrected chi connectivity index (χ3v) is 8.75. The molecule has 5 nitrogen and oxygen atoms in total. The van der Waals surface area contributed by atoms with Crippen molar-refractivity contribution < 1.29 is 18.4 Å². The first-order valence-electron chi connectivity index (χ1n) is 12.1. The second kappa shape index (κ2) is 8.79. The van der Waals surface area contributed by atoms with Crippen molar-refractivity contribution in [3.05, 3.63) is 96.1 Å². The van der Waals surface area contributed by atoms with Crippen molar-refractivity contribution in [2.45, 2.75) is 13.8 Å². The van der Waals surface area contributed by atoms with Gasteiger partial charge >= 0.3 is 7.60 Å². The van der Waals surface area contributed by atoms with Gasteiger partial charge < -0.3 is 9.05 Å². The molecule has 1 aliphatic carbocycles. The molecule has 36 heavy (non-hydrogen) atoms. The monoisotopic (exact) mass is 493 g/mol. The van der Waals surface area contributed by atoms with Crippen LogP contribution >= 0.6 is 7.60 Å². The first-order valence-corrected chi connectivity index (χ1v) is 13.6. The third-order valence-electron chi connectivity index (χ3n) is 6.60. The zero-order valence-corrected chi connectivity index (χ0v) is 20.9. The number of pyridine rings is 1. The van der Waals surface area contributed by atoms with Gasteiger partial charge in [-0.05, 0) is 36.2 Å². The number of carbonyl (C=O) groups excluding carboxylic acids is 1. The summed E-state index contributed by atoms with van der Waals surface area (Å²) in [6.07, 6.45) is 0. The number of benzene rings is 4. The van der Waals surface area contributed by atoms with E-state index in [1.165, 1.54) is 0 Å². The molecule has 0 N–H and O–H groups in total. The van der Waals surface area contributed by atoms with Crippen LogP contribution in [0.3, 0.4) is 0 Å². The fourth-order valence-electron chi connectivity index (χ4n) is 5.17. The van der Waals surface area contributed by atoms with E-state index in [9.17, 15) is 9.36 Å². The van der Waals surface area contributed by atoms with E-state index in [-0.39, 0.29) is 19.0 Å². The Balaban J connectivity index is 1.78. The fourth-order valence-corrected chi connectivity index (χ4v) is 6.90. The van der Waals surface area contributed by atoms with Crippen LogP contribution in [0, 0.1) is 0 Å². The fraction of sp³-hybridized carbons (Fsp3) is 0.133. The molecular formula is C30H24NO4P. The lowest BCUT2D eigenvalue weighted by Gasteiger charge is -2.20. The Bertz CT molecular complexity index is 1710. The molecule has 6 heteroatoms. The summed E-state index contributed by atoms with van der Waals surface area (Å²) < 4.78 is 25.4. The second-order valence-corrected chi connectivity index (χ2v) is 10.6. The van der Waals surface area contributed by atoms with Crippen LogP contribution in [-0.4, -0.2) is 24.0 Å². The van der Waals surface area contributed by atoms with Crippen LogP contribution in [0.2, 0.25) is 0 Å². The van der Waals surface area contributed by atoms with Crippen LogP contribution in [0.25, 0.3) is 44.1 Å². The quantitative estimate of drug-likeness (QED) is 0.230. The van der Waals surface area contributed by atoms with Gasteiger partial charge in [0.2, 0.25) is 0 Å². The summed E-state index contributed by atoms with van der Waals surface area (Å²) in [7, 11) is -3.65. The highest BCUT2D eigenvalue weighted by molar-refractivity contribution is 7.62. The molecule has 0 radical (unpaired) electrons. The molecule has 0 aliphatic heterocycles. The molecule has 1 aliphatic rings. The van der Waals surface area contributed by atoms with E-state index in [1.807, 2.05) is 78.9 Å². The Kier molecular flexibility index (Phi) is 5.57. The van der Waals surface area contributed by atoms with Crippen molar-refractivity contribution in [3.8, 4) is 22.4 Å². The van der Waals surface area contributed by atoms with E-state index >= 15 is 0 Å². The highest BCUT2D eigenvalue weighted by atomic mass is 31.2. The largest absolute Gasteiger partial charge is 0.363 e. The maximum Gasteiger partial charge on any atom is 0.363 e. The van der Waals surface area contributed by atoms with Crippen LogP contribution < -0.4 is 5.30 Å². The van der Waals surface area contributed by atoms with E-state index in [4.69, 9.17) is 14.0 Å². The minimum absolute atomic E-state index is 0.0545. The van der Waals surface area contributed by atoms with Crippen LogP contribution in [0.15, 0.2) is 84.9 Å². The molecule has 0 bridgehead atoms. The van der Waals surface area contributed by atoms with Crippen molar-refractivity contribution in [2.75, 3.05) is 13.2 Å². The van der Waals surface area contributed by atoms with Gasteiger partial charge in [0.15, 0.2) is 5.78 Å². The van der Waals surface area contributed by atoms with Gasteiger partial charge in [-0.25, -0.2) is 4.98 Å². The van der Waals surface area contributed by atoms with Crippen LogP contribution in [0.5, 0.6) is 0 Å². The maximum absolute atomic E-state index is 13.9. The number of ketones is 1. The summed E-state index contributed by atoms with van der Waals surface area (Å²) in [4.78, 5) is 18.9. The lowest BCUT2D eigenvalue weighted by atomic mass is 9.94. The molecular weight excluding hydrogens is 469 g/mol. The summed E-state index contributed by atoms with van der Waals surface area (Å²) in [6.45, 7) is 4.04. The van der Waals surface area contributed by atoms with Crippen molar-refractivity contribution in [1.82, 2.24) is 4.98 Å². The third kappa shape index (κ3) is 3.35. The Hall–Kier alpha value is -3.63. The Morgan fingerprint density at radius 2 is 1.31 bits per heavy atom. The van der Waals surface area contributed by atoms with Crippen molar-refractivity contribution in [1.29, 1.82) is 0 Å². The van der Waals surface area contributed by atoms with E-state index in [0.29, 0.717) is 27.6 Å². The van der Waals surface area contributed by atoms with Gasteiger partial charge in [0, 0.05) is 22.1 Å². The highest BCUT2D eigenvalue weighted by Crippen LogP contribution is 2.51. The average molecular weight is 493 g/mol. The molecule has 0 fully saturated rings. The first-order chi connectivity index (χ1) is 17.6. The first kappa shape index (κ1) is 22.8. The van der Waals surface area contributed by atoms with Gasteiger partial charge in [0.05, 0.1) is 35.3 Å². The molecule has 0 saturated carbocycles. The van der Waals surface area contributed by atoms with Gasteiger partial charge in [0.25, 0.3) is 0 Å². The standard InChI is InChI=1S/C30H24NO4P/c1-3-34-36(33,35-4-2)25-18-10-17-24-26-21-14-7-8-15-23(21)30(32)27(26)29(31-28(24)25)22-16-9-12-19-11-5-6-13-20(19)22/h5-18H,3-4H2,1-2H3. The Morgan fingerprint density at radius 1 is 0.694 bits per heavy atom. The zero-order valence-electron chi connectivity index (χ0n) is 20.0. The molecule has 1 aromatic heterocycles. The normalized spacial score (nSPS) is 12.8. The maximum atomic E-state index is 13.9. The molecule has 5 aromatic rings. The lowest BCUT2D eigenvalue weighted by Crippen LogP contribution is -2.14. The van der Waals surface area contributed by atoms with Gasteiger partial charge in [0.1, 0.15) is 0 Å². The minimum atomic E-state index is -3.65. The van der Waals surface area contributed by atoms with E-state index in [0.717, 1.165) is 32.8 Å². The molecule has 0 saturated heterocycles. The van der Waals surface area contributed by atoms with E-state index in [1.54, 1.807) is 19.9 Å². The number of nitrogens with zero attached hydrogens (tertiary/aromatic N) is 1. The number of hydrogen-bond acceptors (Lipinski definition) is 5. The lowest BCUT2D eigenvalue weighted by molar-refractivity contribution is 0.104. The number of rotatable bonds is 6. The predicted molar refractivity (Wildman–Crippen MR) is 144 cm³/mol. The smallest absolute Gasteiger partial charge is 0.305 e. The summed E-state index contributed by atoms with van der Waals surface area (Å²) in [6, 6.07) is 27.2. The summed E-state index contributed by atoms with van der Waals surface area (Å²) >= 11 is 0. The Morgan fingerprint density at radius 3 is 2.08 bits per heavy atom. The average Bonchev–Trinajstić information content (AvgIpc) is 3.21. The number of fused-ring (bicyclic) bond motifs is 6. The van der Waals surface area contributed by atoms with Gasteiger partial charge in [-0.3, -0.25) is 9.36 Å². The summed E-state index contributed by atoms with van der Waals surface area (Å²) in [5, 5.41) is 3.21. The summed E-state index contributed by atoms with van der Waals surface area (Å²) in [5.41, 5.74) is 4.82. The topological polar surface area (TPSA) is 65.5 Å². The van der Waals surface area contributed by atoms with Gasteiger partial charge in [-0.2, -0.15) is 0 Å². The molecule has 0 atom stereocenters. The van der Waals surface area contributed by atoms with Crippen molar-refractivity contribution in [2.24, 2.45) is 0 Å². The molecule has 0 amide bonds. The SMILES string of the molecule is CCOP(=O)(OCC)c1cccc2c3c(c(-c4cccc5ccccc45)nc12)C(=O)c1ccccc1-3. The highest BCUT2D eigenvalue weighted by Gasteiger charge is 2.36. The minimum Gasteiger partial charge on any atom is -0.305 e. The van der Waals surface area contributed by atoms with Gasteiger partial charge in [-0.15, -0.1) is 0 Å². The summed E-state index contributed by atoms with van der Waals surface area (Å²) in [5.74, 6) is -0.0545. The molecule has 4 aromatic carbocycles. The van der Waals surface area contributed by atoms with E-state index < -0.39 is 7.60 Å². The van der Waals surface area contributed by atoms with Crippen LogP contribution in [0.1, 0.15) is 29.8 Å². The number of carbonyl (C=O) groups is 1. The second-order valence-electron chi connectivity index (χ2n) is 8.62. The van der Waals surface area contributed by atoms with Crippen LogP contribution in [-0.2, 0) is 13.6 Å². The molecule has 1 heterocycles. The predicted octanol–water partition coefficient (Wildman–Crippen LogP) is 7.16. The molecule has 0 unspecified atom stereocenters. The van der Waals surface area contributed by atoms with Gasteiger partial charge in [-0.1, -0.05) is 78.9 Å². The van der Waals surface area contributed by atoms with Crippen molar-refractivity contribution in [3.63, 3.8) is 0 Å². The molecule has 0 spiro atoms. The number of para-hydroxylation sites is 1. The van der Waals surface area contributed by atoms with Crippen molar-refractivity contribution >= 4 is 40.4 Å². The van der Waals surface area contributed by atoms with Crippen LogP contribution in [0.4, 0.5) is 0 Å². The molecule has 6 rings (SSSR count). The molecule has 178 valence electrons. The zero-order chi connectivity index (χ0) is 24.9. The number of aromatic nitrogens is 1. The van der Waals surface area contributed by atoms with E-state index in [2.05, 4.69) is 0 Å². The Labute approximate surface area is 209 Å². The number of hydrogen-bond donors (Lipinski definition) is 0.